The topological polar surface area (TPSA) is 42.4 Å². The van der Waals surface area contributed by atoms with Crippen LogP contribution in [0.25, 0.3) is 10.8 Å². The van der Waals surface area contributed by atoms with Gasteiger partial charge in [0, 0.05) is 17.3 Å². The van der Waals surface area contributed by atoms with Crippen LogP contribution in [0.1, 0.15) is 0 Å². The molecule has 0 saturated heterocycles. The first-order valence-corrected chi connectivity index (χ1v) is 8.50. The summed E-state index contributed by atoms with van der Waals surface area (Å²) in [4.78, 5) is 4.17. The normalized spacial score (nSPS) is 12.4. The van der Waals surface area contributed by atoms with E-state index in [0.29, 0.717) is 5.75 Å². The van der Waals surface area contributed by atoms with Gasteiger partial charge in [-0.3, -0.25) is 0 Å². The molecular formula is C16H15NO2S2. The van der Waals surface area contributed by atoms with Crippen molar-refractivity contribution in [1.82, 2.24) is 4.98 Å². The molecule has 1 N–H and O–H groups in total. The molecule has 1 atom stereocenters. The van der Waals surface area contributed by atoms with E-state index >= 15 is 0 Å². The van der Waals surface area contributed by atoms with Crippen molar-refractivity contribution in [3.8, 4) is 5.75 Å². The molecule has 1 heterocycles. The lowest BCUT2D eigenvalue weighted by Crippen LogP contribution is -2.19. The molecule has 0 radical (unpaired) electrons. The van der Waals surface area contributed by atoms with E-state index in [4.69, 9.17) is 4.74 Å². The maximum atomic E-state index is 9.95. The Labute approximate surface area is 131 Å². The molecule has 108 valence electrons. The van der Waals surface area contributed by atoms with Crippen LogP contribution in [0.15, 0.2) is 58.4 Å². The van der Waals surface area contributed by atoms with Crippen molar-refractivity contribution in [2.75, 3.05) is 12.4 Å². The molecule has 3 nitrogen and oxygen atoms in total. The Hall–Kier alpha value is -1.56. The zero-order valence-electron chi connectivity index (χ0n) is 11.3. The van der Waals surface area contributed by atoms with Crippen LogP contribution in [-0.2, 0) is 0 Å². The lowest BCUT2D eigenvalue weighted by Gasteiger charge is -2.12. The quantitative estimate of drug-likeness (QED) is 0.702. The summed E-state index contributed by atoms with van der Waals surface area (Å²) in [6.45, 7) is 0.288. The van der Waals surface area contributed by atoms with E-state index in [1.165, 1.54) is 5.39 Å². The first-order chi connectivity index (χ1) is 10.3. The van der Waals surface area contributed by atoms with Gasteiger partial charge in [-0.05, 0) is 22.9 Å². The third-order valence-corrected chi connectivity index (χ3v) is 5.08. The third kappa shape index (κ3) is 3.97. The van der Waals surface area contributed by atoms with Crippen molar-refractivity contribution in [2.45, 2.75) is 10.4 Å². The van der Waals surface area contributed by atoms with Crippen molar-refractivity contribution in [1.29, 1.82) is 0 Å². The van der Waals surface area contributed by atoms with Gasteiger partial charge in [-0.2, -0.15) is 0 Å². The van der Waals surface area contributed by atoms with E-state index < -0.39 is 6.10 Å². The molecule has 0 saturated carbocycles. The molecule has 0 unspecified atom stereocenters. The molecule has 2 aromatic carbocycles. The minimum Gasteiger partial charge on any atom is -0.491 e. The maximum absolute atomic E-state index is 9.95. The number of thiazole rings is 1. The van der Waals surface area contributed by atoms with Gasteiger partial charge in [0.2, 0.25) is 0 Å². The van der Waals surface area contributed by atoms with Gasteiger partial charge >= 0.3 is 0 Å². The molecular weight excluding hydrogens is 302 g/mol. The molecule has 3 rings (SSSR count). The molecule has 5 heteroatoms. The molecule has 3 aromatic rings. The number of aliphatic hydroxyl groups is 1. The molecule has 0 spiro atoms. The zero-order valence-corrected chi connectivity index (χ0v) is 12.9. The van der Waals surface area contributed by atoms with Crippen LogP contribution in [0.5, 0.6) is 5.75 Å². The maximum Gasteiger partial charge on any atom is 0.149 e. The van der Waals surface area contributed by atoms with Gasteiger partial charge < -0.3 is 9.84 Å². The molecule has 1 aromatic heterocycles. The number of fused-ring (bicyclic) bond motifs is 1. The molecule has 0 fully saturated rings. The summed E-state index contributed by atoms with van der Waals surface area (Å²) >= 11 is 3.13. The predicted molar refractivity (Wildman–Crippen MR) is 88.3 cm³/mol. The fourth-order valence-corrected chi connectivity index (χ4v) is 3.52. The van der Waals surface area contributed by atoms with Crippen molar-refractivity contribution in [2.24, 2.45) is 0 Å². The number of thioether (sulfide) groups is 1. The summed E-state index contributed by atoms with van der Waals surface area (Å²) in [6, 6.07) is 14.1. The molecule has 0 aliphatic heterocycles. The summed E-state index contributed by atoms with van der Waals surface area (Å²) in [6.07, 6.45) is 1.26. The average Bonchev–Trinajstić information content (AvgIpc) is 3.04. The van der Waals surface area contributed by atoms with Crippen molar-refractivity contribution in [3.05, 3.63) is 54.0 Å². The highest BCUT2D eigenvalue weighted by Gasteiger charge is 2.08. The van der Waals surface area contributed by atoms with E-state index in [-0.39, 0.29) is 6.61 Å². The minimum atomic E-state index is -0.509. The number of aliphatic hydroxyl groups excluding tert-OH is 1. The molecule has 21 heavy (non-hydrogen) atoms. The van der Waals surface area contributed by atoms with E-state index in [1.54, 1.807) is 29.3 Å². The van der Waals surface area contributed by atoms with Crippen LogP contribution in [0.2, 0.25) is 0 Å². The van der Waals surface area contributed by atoms with Crippen LogP contribution >= 0.6 is 23.1 Å². The number of benzene rings is 2. The number of hydrogen-bond acceptors (Lipinski definition) is 5. The summed E-state index contributed by atoms with van der Waals surface area (Å²) in [5.41, 5.74) is 0. The molecule has 0 bridgehead atoms. The van der Waals surface area contributed by atoms with E-state index in [9.17, 15) is 5.11 Å². The SMILES string of the molecule is O[C@@H](COc1ccc2ccccc2c1)CSc1nccs1. The van der Waals surface area contributed by atoms with Gasteiger partial charge in [-0.25, -0.2) is 4.98 Å². The highest BCUT2D eigenvalue weighted by molar-refractivity contribution is 8.01. The Morgan fingerprint density at radius 3 is 2.86 bits per heavy atom. The van der Waals surface area contributed by atoms with Crippen LogP contribution in [-0.4, -0.2) is 28.6 Å². The standard InChI is InChI=1S/C16H15NO2S2/c18-14(11-21-16-17-7-8-20-16)10-19-15-6-5-12-3-1-2-4-13(12)9-15/h1-9,14,18H,10-11H2/t14-/m0/s1. The second-order valence-electron chi connectivity index (χ2n) is 4.58. The van der Waals surface area contributed by atoms with Crippen LogP contribution < -0.4 is 4.74 Å². The van der Waals surface area contributed by atoms with E-state index in [1.807, 2.05) is 35.7 Å². The van der Waals surface area contributed by atoms with Gasteiger partial charge in [0.05, 0.1) is 6.10 Å². The molecule has 0 amide bonds. The minimum absolute atomic E-state index is 0.288. The van der Waals surface area contributed by atoms with Gasteiger partial charge in [-0.15, -0.1) is 11.3 Å². The van der Waals surface area contributed by atoms with Gasteiger partial charge in [0.15, 0.2) is 0 Å². The predicted octanol–water partition coefficient (Wildman–Crippen LogP) is 3.83. The molecule has 0 aliphatic carbocycles. The molecule has 0 aliphatic rings. The lowest BCUT2D eigenvalue weighted by atomic mass is 10.1. The van der Waals surface area contributed by atoms with Crippen molar-refractivity contribution >= 4 is 33.9 Å². The highest BCUT2D eigenvalue weighted by Crippen LogP contribution is 2.22. The smallest absolute Gasteiger partial charge is 0.149 e. The zero-order chi connectivity index (χ0) is 14.5. The van der Waals surface area contributed by atoms with E-state index in [2.05, 4.69) is 17.1 Å². The Morgan fingerprint density at radius 2 is 2.05 bits per heavy atom. The average molecular weight is 317 g/mol. The summed E-state index contributed by atoms with van der Waals surface area (Å²) in [5.74, 6) is 1.37. The Balaban J connectivity index is 1.53. The van der Waals surface area contributed by atoms with Crippen molar-refractivity contribution in [3.63, 3.8) is 0 Å². The first-order valence-electron chi connectivity index (χ1n) is 6.63. The Kier molecular flexibility index (Phi) is 4.75. The van der Waals surface area contributed by atoms with Gasteiger partial charge in [0.25, 0.3) is 0 Å². The van der Waals surface area contributed by atoms with Crippen LogP contribution in [0.3, 0.4) is 0 Å². The number of ether oxygens (including phenoxy) is 1. The van der Waals surface area contributed by atoms with E-state index in [0.717, 1.165) is 15.5 Å². The number of nitrogens with zero attached hydrogens (tertiary/aromatic N) is 1. The number of hydrogen-bond donors (Lipinski definition) is 1. The van der Waals surface area contributed by atoms with Gasteiger partial charge in [-0.1, -0.05) is 42.1 Å². The summed E-state index contributed by atoms with van der Waals surface area (Å²) < 4.78 is 6.64. The Bertz CT molecular complexity index is 700. The van der Waals surface area contributed by atoms with Crippen molar-refractivity contribution < 1.29 is 9.84 Å². The van der Waals surface area contributed by atoms with Gasteiger partial charge in [0.1, 0.15) is 16.7 Å². The monoisotopic (exact) mass is 317 g/mol. The first kappa shape index (κ1) is 14.4. The third-order valence-electron chi connectivity index (χ3n) is 2.97. The summed E-state index contributed by atoms with van der Waals surface area (Å²) in [5, 5.41) is 14.2. The van der Waals surface area contributed by atoms with Crippen LogP contribution in [0, 0.1) is 0 Å². The fourth-order valence-electron chi connectivity index (χ4n) is 1.95. The second kappa shape index (κ2) is 6.93. The summed E-state index contributed by atoms with van der Waals surface area (Å²) in [7, 11) is 0. The second-order valence-corrected chi connectivity index (χ2v) is 6.74. The number of rotatable bonds is 6. The highest BCUT2D eigenvalue weighted by atomic mass is 32.2. The van der Waals surface area contributed by atoms with Crippen LogP contribution in [0.4, 0.5) is 0 Å². The fraction of sp³-hybridized carbons (Fsp3) is 0.188. The Morgan fingerprint density at radius 1 is 1.19 bits per heavy atom. The lowest BCUT2D eigenvalue weighted by molar-refractivity contribution is 0.126. The largest absolute Gasteiger partial charge is 0.491 e. The number of aromatic nitrogens is 1.